The molecule has 0 saturated heterocycles. The van der Waals surface area contributed by atoms with E-state index in [4.69, 9.17) is 9.47 Å². The Morgan fingerprint density at radius 3 is 2.86 bits per heavy atom. The van der Waals surface area contributed by atoms with Crippen LogP contribution in [0.2, 0.25) is 0 Å². The Bertz CT molecular complexity index is 279. The molecule has 0 unspecified atom stereocenters. The molecule has 78 valence electrons. The van der Waals surface area contributed by atoms with Crippen LogP contribution < -0.4 is 10.1 Å². The SMILES string of the molecule is COc1cncc(NC[C@H](C)OC)c1. The summed E-state index contributed by atoms with van der Waals surface area (Å²) in [7, 11) is 3.31. The molecule has 1 rings (SSSR count). The highest BCUT2D eigenvalue weighted by Crippen LogP contribution is 2.14. The predicted octanol–water partition coefficient (Wildman–Crippen LogP) is 1.54. The summed E-state index contributed by atoms with van der Waals surface area (Å²) in [4.78, 5) is 4.03. The second kappa shape index (κ2) is 5.44. The van der Waals surface area contributed by atoms with Crippen LogP contribution in [-0.2, 0) is 4.74 Å². The van der Waals surface area contributed by atoms with Gasteiger partial charge in [0.1, 0.15) is 5.75 Å². The predicted molar refractivity (Wildman–Crippen MR) is 55.7 cm³/mol. The van der Waals surface area contributed by atoms with Crippen LogP contribution in [0.4, 0.5) is 5.69 Å². The molecule has 1 aromatic heterocycles. The van der Waals surface area contributed by atoms with Crippen LogP contribution >= 0.6 is 0 Å². The normalized spacial score (nSPS) is 12.2. The van der Waals surface area contributed by atoms with Crippen LogP contribution in [0.3, 0.4) is 0 Å². The van der Waals surface area contributed by atoms with Crippen molar-refractivity contribution < 1.29 is 9.47 Å². The van der Waals surface area contributed by atoms with Gasteiger partial charge in [0.2, 0.25) is 0 Å². The zero-order valence-electron chi connectivity index (χ0n) is 8.78. The maximum atomic E-state index is 5.11. The van der Waals surface area contributed by atoms with Gasteiger partial charge in [-0.2, -0.15) is 0 Å². The number of hydrogen-bond acceptors (Lipinski definition) is 4. The number of anilines is 1. The molecule has 0 aliphatic carbocycles. The van der Waals surface area contributed by atoms with Crippen molar-refractivity contribution in [2.45, 2.75) is 13.0 Å². The summed E-state index contributed by atoms with van der Waals surface area (Å²) in [5.41, 5.74) is 0.938. The molecule has 0 aliphatic heterocycles. The number of hydrogen-bond donors (Lipinski definition) is 1. The highest BCUT2D eigenvalue weighted by atomic mass is 16.5. The Hall–Kier alpha value is -1.29. The number of ether oxygens (including phenoxy) is 2. The number of aromatic nitrogens is 1. The van der Waals surface area contributed by atoms with E-state index < -0.39 is 0 Å². The van der Waals surface area contributed by atoms with Crippen molar-refractivity contribution in [2.75, 3.05) is 26.1 Å². The van der Waals surface area contributed by atoms with Gasteiger partial charge in [-0.05, 0) is 6.92 Å². The fourth-order valence-corrected chi connectivity index (χ4v) is 0.972. The standard InChI is InChI=1S/C10H16N2O2/c1-8(13-2)5-12-9-4-10(14-3)7-11-6-9/h4,6-8,12H,5H2,1-3H3/t8-/m0/s1. The minimum absolute atomic E-state index is 0.182. The van der Waals surface area contributed by atoms with Gasteiger partial charge in [0.05, 0.1) is 31.3 Å². The van der Waals surface area contributed by atoms with Gasteiger partial charge >= 0.3 is 0 Å². The van der Waals surface area contributed by atoms with Crippen molar-refractivity contribution in [3.8, 4) is 5.75 Å². The van der Waals surface area contributed by atoms with Crippen molar-refractivity contribution in [3.05, 3.63) is 18.5 Å². The summed E-state index contributed by atoms with van der Waals surface area (Å²) in [5.74, 6) is 0.750. The first kappa shape index (κ1) is 10.8. The molecule has 0 aromatic carbocycles. The first-order chi connectivity index (χ1) is 6.76. The number of rotatable bonds is 5. The molecule has 0 radical (unpaired) electrons. The van der Waals surface area contributed by atoms with Gasteiger partial charge in [0.15, 0.2) is 0 Å². The van der Waals surface area contributed by atoms with Crippen molar-refractivity contribution >= 4 is 5.69 Å². The van der Waals surface area contributed by atoms with E-state index in [1.54, 1.807) is 26.6 Å². The second-order valence-electron chi connectivity index (χ2n) is 3.04. The van der Waals surface area contributed by atoms with Crippen LogP contribution in [0, 0.1) is 0 Å². The maximum absolute atomic E-state index is 5.11. The highest BCUT2D eigenvalue weighted by Gasteiger charge is 2.00. The fraction of sp³-hybridized carbons (Fsp3) is 0.500. The third-order valence-corrected chi connectivity index (χ3v) is 1.94. The van der Waals surface area contributed by atoms with Crippen LogP contribution in [0.1, 0.15) is 6.92 Å². The first-order valence-electron chi connectivity index (χ1n) is 4.52. The molecule has 0 aliphatic rings. The maximum Gasteiger partial charge on any atom is 0.139 e. The zero-order chi connectivity index (χ0) is 10.4. The number of nitrogens with one attached hydrogen (secondary N) is 1. The lowest BCUT2D eigenvalue weighted by Crippen LogP contribution is -2.18. The second-order valence-corrected chi connectivity index (χ2v) is 3.04. The molecule has 1 aromatic rings. The van der Waals surface area contributed by atoms with E-state index >= 15 is 0 Å². The Morgan fingerprint density at radius 2 is 2.21 bits per heavy atom. The third-order valence-electron chi connectivity index (χ3n) is 1.94. The monoisotopic (exact) mass is 196 g/mol. The zero-order valence-corrected chi connectivity index (χ0v) is 8.78. The largest absolute Gasteiger partial charge is 0.495 e. The summed E-state index contributed by atoms with van der Waals surface area (Å²) >= 11 is 0. The minimum atomic E-state index is 0.182. The van der Waals surface area contributed by atoms with Gasteiger partial charge in [0, 0.05) is 19.7 Å². The van der Waals surface area contributed by atoms with Gasteiger partial charge in [-0.3, -0.25) is 4.98 Å². The van der Waals surface area contributed by atoms with Gasteiger partial charge in [-0.15, -0.1) is 0 Å². The molecule has 0 bridgehead atoms. The molecule has 0 fully saturated rings. The van der Waals surface area contributed by atoms with Crippen LogP contribution in [0.15, 0.2) is 18.5 Å². The van der Waals surface area contributed by atoms with Gasteiger partial charge < -0.3 is 14.8 Å². The smallest absolute Gasteiger partial charge is 0.139 e. The summed E-state index contributed by atoms with van der Waals surface area (Å²) in [5, 5.41) is 3.20. The Morgan fingerprint density at radius 1 is 1.43 bits per heavy atom. The summed E-state index contributed by atoms with van der Waals surface area (Å²) in [6.45, 7) is 2.76. The van der Waals surface area contributed by atoms with Gasteiger partial charge in [0.25, 0.3) is 0 Å². The Labute approximate surface area is 84.3 Å². The molecule has 0 saturated carbocycles. The van der Waals surface area contributed by atoms with E-state index in [-0.39, 0.29) is 6.10 Å². The van der Waals surface area contributed by atoms with E-state index in [1.807, 2.05) is 13.0 Å². The van der Waals surface area contributed by atoms with E-state index in [1.165, 1.54) is 0 Å². The lowest BCUT2D eigenvalue weighted by atomic mass is 10.3. The molecule has 1 N–H and O–H groups in total. The summed E-state index contributed by atoms with van der Waals surface area (Å²) in [6.07, 6.45) is 3.61. The lowest BCUT2D eigenvalue weighted by molar-refractivity contribution is 0.129. The van der Waals surface area contributed by atoms with Crippen molar-refractivity contribution in [2.24, 2.45) is 0 Å². The molecule has 4 heteroatoms. The average Bonchev–Trinajstić information content (AvgIpc) is 2.26. The van der Waals surface area contributed by atoms with Gasteiger partial charge in [-0.25, -0.2) is 0 Å². The number of nitrogens with zero attached hydrogens (tertiary/aromatic N) is 1. The molecular weight excluding hydrogens is 180 g/mol. The fourth-order valence-electron chi connectivity index (χ4n) is 0.972. The molecule has 4 nitrogen and oxygen atoms in total. The van der Waals surface area contributed by atoms with Crippen LogP contribution in [0.25, 0.3) is 0 Å². The van der Waals surface area contributed by atoms with Gasteiger partial charge in [-0.1, -0.05) is 0 Å². The third kappa shape index (κ3) is 3.22. The molecule has 1 heterocycles. The van der Waals surface area contributed by atoms with Crippen LogP contribution in [0.5, 0.6) is 5.75 Å². The average molecular weight is 196 g/mol. The molecule has 0 spiro atoms. The Balaban J connectivity index is 2.50. The molecule has 0 amide bonds. The molecular formula is C10H16N2O2. The highest BCUT2D eigenvalue weighted by molar-refractivity contribution is 5.45. The van der Waals surface area contributed by atoms with E-state index in [0.717, 1.165) is 18.0 Å². The number of pyridine rings is 1. The lowest BCUT2D eigenvalue weighted by Gasteiger charge is -2.11. The summed E-state index contributed by atoms with van der Waals surface area (Å²) < 4.78 is 10.2. The topological polar surface area (TPSA) is 43.4 Å². The molecule has 1 atom stereocenters. The van der Waals surface area contributed by atoms with E-state index in [9.17, 15) is 0 Å². The Kier molecular flexibility index (Phi) is 4.19. The van der Waals surface area contributed by atoms with E-state index in [0.29, 0.717) is 0 Å². The minimum Gasteiger partial charge on any atom is -0.495 e. The van der Waals surface area contributed by atoms with Crippen LogP contribution in [-0.4, -0.2) is 31.9 Å². The van der Waals surface area contributed by atoms with Crippen molar-refractivity contribution in [3.63, 3.8) is 0 Å². The van der Waals surface area contributed by atoms with E-state index in [2.05, 4.69) is 10.3 Å². The van der Waals surface area contributed by atoms with Crippen molar-refractivity contribution in [1.29, 1.82) is 0 Å². The first-order valence-corrected chi connectivity index (χ1v) is 4.52. The quantitative estimate of drug-likeness (QED) is 0.775. The molecule has 14 heavy (non-hydrogen) atoms. The van der Waals surface area contributed by atoms with Crippen molar-refractivity contribution in [1.82, 2.24) is 4.98 Å². The number of methoxy groups -OCH3 is 2. The summed E-state index contributed by atoms with van der Waals surface area (Å²) in [6, 6.07) is 1.90.